The SMILES string of the molecule is O=C(NC1CCC(Oc2ccc(C(F)(F)F)cn2)CC1)c1ccc(Br)o1. The fraction of sp³-hybridized carbons (Fsp3) is 0.412. The van der Waals surface area contributed by atoms with E-state index in [0.717, 1.165) is 12.3 Å². The number of amides is 1. The number of nitrogens with zero attached hydrogens (tertiary/aromatic N) is 1. The quantitative estimate of drug-likeness (QED) is 0.767. The van der Waals surface area contributed by atoms with Gasteiger partial charge in [-0.1, -0.05) is 0 Å². The number of carbonyl (C=O) groups excluding carboxylic acids is 1. The maximum absolute atomic E-state index is 12.5. The molecule has 9 heteroatoms. The van der Waals surface area contributed by atoms with Crippen LogP contribution in [0.3, 0.4) is 0 Å². The Kier molecular flexibility index (Phi) is 5.55. The Hall–Kier alpha value is -2.03. The third kappa shape index (κ3) is 4.78. The first kappa shape index (κ1) is 18.8. The van der Waals surface area contributed by atoms with E-state index < -0.39 is 11.7 Å². The van der Waals surface area contributed by atoms with Gasteiger partial charge < -0.3 is 14.5 Å². The van der Waals surface area contributed by atoms with Crippen LogP contribution >= 0.6 is 15.9 Å². The lowest BCUT2D eigenvalue weighted by Gasteiger charge is -2.29. The van der Waals surface area contributed by atoms with E-state index in [0.29, 0.717) is 30.4 Å². The zero-order valence-electron chi connectivity index (χ0n) is 13.6. The van der Waals surface area contributed by atoms with Crippen LogP contribution in [0.15, 0.2) is 39.5 Å². The van der Waals surface area contributed by atoms with Crippen LogP contribution in [0.1, 0.15) is 41.8 Å². The molecule has 1 amide bonds. The Morgan fingerprint density at radius 1 is 1.19 bits per heavy atom. The van der Waals surface area contributed by atoms with Crippen LogP contribution in [0.4, 0.5) is 13.2 Å². The molecule has 0 saturated heterocycles. The molecule has 0 bridgehead atoms. The maximum Gasteiger partial charge on any atom is 0.417 e. The van der Waals surface area contributed by atoms with E-state index in [1.807, 2.05) is 0 Å². The second-order valence-electron chi connectivity index (χ2n) is 6.05. The number of pyridine rings is 1. The van der Waals surface area contributed by atoms with Crippen molar-refractivity contribution in [3.05, 3.63) is 46.5 Å². The van der Waals surface area contributed by atoms with Gasteiger partial charge >= 0.3 is 6.18 Å². The summed E-state index contributed by atoms with van der Waals surface area (Å²) in [6.07, 6.45) is -1.01. The Morgan fingerprint density at radius 3 is 2.46 bits per heavy atom. The topological polar surface area (TPSA) is 64.4 Å². The largest absolute Gasteiger partial charge is 0.474 e. The predicted octanol–water partition coefficient (Wildman–Crippen LogP) is 4.58. The van der Waals surface area contributed by atoms with Gasteiger partial charge in [0.15, 0.2) is 10.4 Å². The van der Waals surface area contributed by atoms with Gasteiger partial charge in [-0.25, -0.2) is 4.98 Å². The van der Waals surface area contributed by atoms with Gasteiger partial charge in [-0.2, -0.15) is 13.2 Å². The lowest BCUT2D eigenvalue weighted by atomic mass is 9.93. The van der Waals surface area contributed by atoms with Crippen molar-refractivity contribution in [2.45, 2.75) is 44.0 Å². The van der Waals surface area contributed by atoms with Gasteiger partial charge in [-0.05, 0) is 59.8 Å². The zero-order valence-corrected chi connectivity index (χ0v) is 15.1. The Bertz CT molecular complexity index is 753. The summed E-state index contributed by atoms with van der Waals surface area (Å²) in [5.41, 5.74) is -0.805. The molecule has 1 saturated carbocycles. The number of rotatable bonds is 4. The Morgan fingerprint density at radius 2 is 1.92 bits per heavy atom. The average Bonchev–Trinajstić information content (AvgIpc) is 3.03. The second-order valence-corrected chi connectivity index (χ2v) is 6.83. The molecule has 0 aliphatic heterocycles. The number of nitrogens with one attached hydrogen (secondary N) is 1. The van der Waals surface area contributed by atoms with Crippen LogP contribution in [0.25, 0.3) is 0 Å². The fourth-order valence-corrected chi connectivity index (χ4v) is 3.11. The standard InChI is InChI=1S/C17H16BrF3N2O3/c18-14-7-6-13(26-14)16(24)23-11-2-4-12(5-3-11)25-15-8-1-10(9-22-15)17(19,20)21/h1,6-9,11-12H,2-5H2,(H,23,24). The van der Waals surface area contributed by atoms with E-state index in [9.17, 15) is 18.0 Å². The molecule has 2 heterocycles. The summed E-state index contributed by atoms with van der Waals surface area (Å²) in [7, 11) is 0. The number of furan rings is 1. The third-order valence-corrected chi connectivity index (χ3v) is 4.58. The van der Waals surface area contributed by atoms with Crippen molar-refractivity contribution in [2.75, 3.05) is 0 Å². The molecular formula is C17H16BrF3N2O3. The van der Waals surface area contributed by atoms with Gasteiger partial charge in [0.25, 0.3) is 5.91 Å². The minimum atomic E-state index is -4.41. The first-order valence-corrected chi connectivity index (χ1v) is 8.86. The third-order valence-electron chi connectivity index (χ3n) is 4.16. The van der Waals surface area contributed by atoms with E-state index in [4.69, 9.17) is 9.15 Å². The Balaban J connectivity index is 1.47. The van der Waals surface area contributed by atoms with Crippen LogP contribution in [-0.4, -0.2) is 23.0 Å². The highest BCUT2D eigenvalue weighted by Gasteiger charge is 2.31. The van der Waals surface area contributed by atoms with Crippen molar-refractivity contribution in [1.29, 1.82) is 0 Å². The van der Waals surface area contributed by atoms with Crippen LogP contribution in [-0.2, 0) is 6.18 Å². The summed E-state index contributed by atoms with van der Waals surface area (Å²) < 4.78 is 48.9. The van der Waals surface area contributed by atoms with Crippen molar-refractivity contribution in [1.82, 2.24) is 10.3 Å². The van der Waals surface area contributed by atoms with Gasteiger partial charge in [0.2, 0.25) is 5.88 Å². The molecule has 0 spiro atoms. The number of carbonyl (C=O) groups is 1. The summed E-state index contributed by atoms with van der Waals surface area (Å²) >= 11 is 3.15. The van der Waals surface area contributed by atoms with E-state index >= 15 is 0 Å². The summed E-state index contributed by atoms with van der Waals surface area (Å²) in [5, 5.41) is 2.91. The van der Waals surface area contributed by atoms with Gasteiger partial charge in [0.1, 0.15) is 6.10 Å². The highest BCUT2D eigenvalue weighted by atomic mass is 79.9. The minimum Gasteiger partial charge on any atom is -0.474 e. The summed E-state index contributed by atoms with van der Waals surface area (Å²) in [6.45, 7) is 0. The lowest BCUT2D eigenvalue weighted by Crippen LogP contribution is -2.39. The lowest BCUT2D eigenvalue weighted by molar-refractivity contribution is -0.137. The molecule has 0 radical (unpaired) electrons. The van der Waals surface area contributed by atoms with Crippen LogP contribution < -0.4 is 10.1 Å². The van der Waals surface area contributed by atoms with Gasteiger partial charge in [-0.3, -0.25) is 4.79 Å². The van der Waals surface area contributed by atoms with Crippen molar-refractivity contribution >= 4 is 21.8 Å². The molecule has 1 aliphatic carbocycles. The molecule has 0 aromatic carbocycles. The van der Waals surface area contributed by atoms with E-state index in [2.05, 4.69) is 26.2 Å². The van der Waals surface area contributed by atoms with E-state index in [1.165, 1.54) is 6.07 Å². The molecule has 2 aromatic rings. The summed E-state index contributed by atoms with van der Waals surface area (Å²) in [4.78, 5) is 15.8. The molecule has 1 fully saturated rings. The number of aromatic nitrogens is 1. The second kappa shape index (κ2) is 7.69. The molecule has 5 nitrogen and oxygen atoms in total. The normalized spacial score (nSPS) is 20.6. The number of ether oxygens (including phenoxy) is 1. The minimum absolute atomic E-state index is 0.00629. The fourth-order valence-electron chi connectivity index (χ4n) is 2.81. The van der Waals surface area contributed by atoms with Gasteiger partial charge in [-0.15, -0.1) is 0 Å². The molecular weight excluding hydrogens is 417 g/mol. The summed E-state index contributed by atoms with van der Waals surface area (Å²) in [6, 6.07) is 5.43. The van der Waals surface area contributed by atoms with Gasteiger partial charge in [0, 0.05) is 18.3 Å². The smallest absolute Gasteiger partial charge is 0.417 e. The first-order chi connectivity index (χ1) is 12.3. The number of alkyl halides is 3. The van der Waals surface area contributed by atoms with E-state index in [-0.39, 0.29) is 29.7 Å². The predicted molar refractivity (Wildman–Crippen MR) is 89.8 cm³/mol. The van der Waals surface area contributed by atoms with Crippen molar-refractivity contribution in [3.8, 4) is 5.88 Å². The van der Waals surface area contributed by atoms with Crippen LogP contribution in [0, 0.1) is 0 Å². The van der Waals surface area contributed by atoms with Crippen molar-refractivity contribution in [3.63, 3.8) is 0 Å². The zero-order chi connectivity index (χ0) is 18.7. The number of hydrogen-bond acceptors (Lipinski definition) is 4. The van der Waals surface area contributed by atoms with Gasteiger partial charge in [0.05, 0.1) is 5.56 Å². The summed E-state index contributed by atoms with van der Waals surface area (Å²) in [5.74, 6) is 0.139. The molecule has 0 unspecified atom stereocenters. The molecule has 2 aromatic heterocycles. The Labute approximate surface area is 156 Å². The number of hydrogen-bond donors (Lipinski definition) is 1. The average molecular weight is 433 g/mol. The van der Waals surface area contributed by atoms with Crippen molar-refractivity contribution < 1.29 is 27.1 Å². The molecule has 0 atom stereocenters. The maximum atomic E-state index is 12.5. The monoisotopic (exact) mass is 432 g/mol. The molecule has 1 aliphatic rings. The van der Waals surface area contributed by atoms with Crippen LogP contribution in [0.2, 0.25) is 0 Å². The van der Waals surface area contributed by atoms with E-state index in [1.54, 1.807) is 12.1 Å². The highest BCUT2D eigenvalue weighted by molar-refractivity contribution is 9.10. The highest BCUT2D eigenvalue weighted by Crippen LogP contribution is 2.30. The van der Waals surface area contributed by atoms with Crippen LogP contribution in [0.5, 0.6) is 5.88 Å². The molecule has 1 N–H and O–H groups in total. The molecule has 26 heavy (non-hydrogen) atoms. The molecule has 3 rings (SSSR count). The molecule has 140 valence electrons. The number of halogens is 4. The van der Waals surface area contributed by atoms with Crippen molar-refractivity contribution in [2.24, 2.45) is 0 Å². The first-order valence-electron chi connectivity index (χ1n) is 8.07.